The van der Waals surface area contributed by atoms with Crippen LogP contribution in [-0.4, -0.2) is 28.9 Å². The number of fused-ring (bicyclic) bond motifs is 1. The normalized spacial score (nSPS) is 17.5. The molecule has 1 unspecified atom stereocenters. The number of halogens is 1. The Morgan fingerprint density at radius 2 is 1.76 bits per heavy atom. The van der Waals surface area contributed by atoms with Gasteiger partial charge in [0, 0.05) is 10.6 Å². The van der Waals surface area contributed by atoms with E-state index in [0.717, 1.165) is 10.3 Å². The summed E-state index contributed by atoms with van der Waals surface area (Å²) in [5.74, 6) is -1.15. The van der Waals surface area contributed by atoms with E-state index in [4.69, 9.17) is 16.3 Å². The van der Waals surface area contributed by atoms with Gasteiger partial charge in [-0.25, -0.2) is 4.98 Å². The first-order valence-corrected chi connectivity index (χ1v) is 11.6. The van der Waals surface area contributed by atoms with E-state index in [1.807, 2.05) is 31.2 Å². The van der Waals surface area contributed by atoms with E-state index in [9.17, 15) is 14.7 Å². The lowest BCUT2D eigenvalue weighted by atomic mass is 9.95. The van der Waals surface area contributed by atoms with Gasteiger partial charge in [0.2, 0.25) is 0 Å². The number of aromatic nitrogens is 1. The third kappa shape index (κ3) is 3.73. The van der Waals surface area contributed by atoms with E-state index in [0.29, 0.717) is 32.5 Å². The fourth-order valence-corrected chi connectivity index (χ4v) is 5.26. The van der Waals surface area contributed by atoms with Gasteiger partial charge in [-0.1, -0.05) is 52.8 Å². The molecule has 0 bridgehead atoms. The molecule has 1 N–H and O–H groups in total. The first kappa shape index (κ1) is 22.1. The minimum Gasteiger partial charge on any atom is -0.507 e. The lowest BCUT2D eigenvalue weighted by molar-refractivity contribution is -0.132. The number of methoxy groups -OCH3 is 1. The van der Waals surface area contributed by atoms with Crippen molar-refractivity contribution < 1.29 is 19.4 Å². The average molecular weight is 491 g/mol. The third-order valence-electron chi connectivity index (χ3n) is 5.75. The standard InChI is InChI=1S/C26H19ClN2O4S/c1-14-3-5-15(6-4-14)22-21(23(30)16-7-10-18(33-2)11-8-16)24(31)25(32)29(22)26-28-19-12-9-17(27)13-20(19)34-26/h3-13,22,30H,1-2H3. The molecule has 34 heavy (non-hydrogen) atoms. The lowest BCUT2D eigenvalue weighted by Crippen LogP contribution is -2.29. The van der Waals surface area contributed by atoms with Crippen LogP contribution < -0.4 is 9.64 Å². The summed E-state index contributed by atoms with van der Waals surface area (Å²) in [6.07, 6.45) is 0. The van der Waals surface area contributed by atoms with Crippen LogP contribution in [0.3, 0.4) is 0 Å². The van der Waals surface area contributed by atoms with Gasteiger partial charge in [-0.15, -0.1) is 0 Å². The molecule has 170 valence electrons. The van der Waals surface area contributed by atoms with E-state index >= 15 is 0 Å². The number of aryl methyl sites for hydroxylation is 1. The number of ketones is 1. The van der Waals surface area contributed by atoms with E-state index in [1.165, 1.54) is 16.2 Å². The number of hydrogen-bond acceptors (Lipinski definition) is 6. The van der Waals surface area contributed by atoms with Crippen molar-refractivity contribution in [3.8, 4) is 5.75 Å². The zero-order chi connectivity index (χ0) is 24.0. The molecule has 0 aliphatic carbocycles. The van der Waals surface area contributed by atoms with Crippen LogP contribution in [0.4, 0.5) is 5.13 Å². The van der Waals surface area contributed by atoms with Crippen LogP contribution in [-0.2, 0) is 9.59 Å². The molecule has 0 spiro atoms. The number of amides is 1. The second-order valence-electron chi connectivity index (χ2n) is 7.92. The molecule has 1 amide bonds. The van der Waals surface area contributed by atoms with Crippen molar-refractivity contribution in [2.75, 3.05) is 12.0 Å². The highest BCUT2D eigenvalue weighted by atomic mass is 35.5. The highest BCUT2D eigenvalue weighted by molar-refractivity contribution is 7.22. The summed E-state index contributed by atoms with van der Waals surface area (Å²) in [5, 5.41) is 12.1. The van der Waals surface area contributed by atoms with Crippen molar-refractivity contribution in [1.82, 2.24) is 4.98 Å². The molecule has 8 heteroatoms. The largest absolute Gasteiger partial charge is 0.507 e. The van der Waals surface area contributed by atoms with Gasteiger partial charge in [0.1, 0.15) is 11.5 Å². The van der Waals surface area contributed by atoms with E-state index in [1.54, 1.807) is 49.6 Å². The van der Waals surface area contributed by atoms with Crippen LogP contribution in [0, 0.1) is 6.92 Å². The number of aliphatic hydroxyl groups excluding tert-OH is 1. The van der Waals surface area contributed by atoms with Crippen LogP contribution in [0.15, 0.2) is 72.3 Å². The predicted octanol–water partition coefficient (Wildman–Crippen LogP) is 5.89. The molecule has 1 fully saturated rings. The van der Waals surface area contributed by atoms with E-state index in [2.05, 4.69) is 4.98 Å². The highest BCUT2D eigenvalue weighted by Crippen LogP contribution is 2.44. The van der Waals surface area contributed by atoms with Gasteiger partial charge in [-0.05, 0) is 55.0 Å². The summed E-state index contributed by atoms with van der Waals surface area (Å²) in [5.41, 5.74) is 2.81. The van der Waals surface area contributed by atoms with Gasteiger partial charge in [0.15, 0.2) is 5.13 Å². The molecule has 0 saturated carbocycles. The maximum atomic E-state index is 13.3. The number of benzene rings is 3. The highest BCUT2D eigenvalue weighted by Gasteiger charge is 2.48. The summed E-state index contributed by atoms with van der Waals surface area (Å²) in [7, 11) is 1.54. The summed E-state index contributed by atoms with van der Waals surface area (Å²) in [6, 6.07) is 18.6. The Morgan fingerprint density at radius 3 is 2.44 bits per heavy atom. The molecule has 2 heterocycles. The summed E-state index contributed by atoms with van der Waals surface area (Å²) >= 11 is 7.39. The van der Waals surface area contributed by atoms with Gasteiger partial charge < -0.3 is 9.84 Å². The second kappa shape index (κ2) is 8.59. The van der Waals surface area contributed by atoms with E-state index in [-0.39, 0.29) is 11.3 Å². The number of rotatable bonds is 4. The van der Waals surface area contributed by atoms with Gasteiger partial charge in [-0.3, -0.25) is 14.5 Å². The van der Waals surface area contributed by atoms with Crippen LogP contribution in [0.5, 0.6) is 5.75 Å². The van der Waals surface area contributed by atoms with Gasteiger partial charge in [0.05, 0.1) is 28.9 Å². The lowest BCUT2D eigenvalue weighted by Gasteiger charge is -2.23. The Hall–Kier alpha value is -3.68. The molecule has 0 radical (unpaired) electrons. The Labute approximate surface area is 204 Å². The summed E-state index contributed by atoms with van der Waals surface area (Å²) in [6.45, 7) is 1.95. The molecule has 3 aromatic carbocycles. The number of carbonyl (C=O) groups is 2. The summed E-state index contributed by atoms with van der Waals surface area (Å²) in [4.78, 5) is 32.5. The van der Waals surface area contributed by atoms with Crippen LogP contribution in [0.1, 0.15) is 22.7 Å². The Kier molecular flexibility index (Phi) is 5.59. The molecule has 1 aromatic heterocycles. The number of Topliss-reactive ketones (excluding diaryl/α,β-unsaturated/α-hetero) is 1. The van der Waals surface area contributed by atoms with Crippen LogP contribution >= 0.6 is 22.9 Å². The minimum absolute atomic E-state index is 0.0105. The number of anilines is 1. The predicted molar refractivity (Wildman–Crippen MR) is 134 cm³/mol. The van der Waals surface area contributed by atoms with Gasteiger partial charge in [-0.2, -0.15) is 0 Å². The average Bonchev–Trinajstić information content (AvgIpc) is 3.37. The molecule has 4 aromatic rings. The molecule has 1 aliphatic heterocycles. The van der Waals surface area contributed by atoms with Crippen LogP contribution in [0.25, 0.3) is 16.0 Å². The topological polar surface area (TPSA) is 79.7 Å². The van der Waals surface area contributed by atoms with Crippen molar-refractivity contribution in [2.45, 2.75) is 13.0 Å². The second-order valence-corrected chi connectivity index (χ2v) is 9.36. The van der Waals surface area contributed by atoms with Gasteiger partial charge in [0.25, 0.3) is 5.78 Å². The van der Waals surface area contributed by atoms with Crippen molar-refractivity contribution in [3.05, 3.63) is 94.0 Å². The number of ether oxygens (including phenoxy) is 1. The third-order valence-corrected chi connectivity index (χ3v) is 7.00. The number of thiazole rings is 1. The first-order chi connectivity index (χ1) is 16.4. The van der Waals surface area contributed by atoms with Crippen molar-refractivity contribution in [2.24, 2.45) is 0 Å². The smallest absolute Gasteiger partial charge is 0.301 e. The SMILES string of the molecule is COc1ccc(C(O)=C2C(=O)C(=O)N(c3nc4ccc(Cl)cc4s3)C2c2ccc(C)cc2)cc1. The fraction of sp³-hybridized carbons (Fsp3) is 0.115. The molecule has 5 rings (SSSR count). The number of aliphatic hydroxyl groups is 1. The maximum absolute atomic E-state index is 13.3. The van der Waals surface area contributed by atoms with Crippen LogP contribution in [0.2, 0.25) is 5.02 Å². The Balaban J connectivity index is 1.71. The molecular weight excluding hydrogens is 472 g/mol. The van der Waals surface area contributed by atoms with E-state index < -0.39 is 17.7 Å². The zero-order valence-electron chi connectivity index (χ0n) is 18.3. The quantitative estimate of drug-likeness (QED) is 0.219. The molecule has 1 saturated heterocycles. The molecular formula is C26H19ClN2O4S. The number of hydrogen-bond donors (Lipinski definition) is 1. The van der Waals surface area contributed by atoms with Gasteiger partial charge >= 0.3 is 5.91 Å². The molecule has 1 aliphatic rings. The molecule has 1 atom stereocenters. The Morgan fingerprint density at radius 1 is 1.06 bits per heavy atom. The van der Waals surface area contributed by atoms with Crippen molar-refractivity contribution in [3.63, 3.8) is 0 Å². The first-order valence-electron chi connectivity index (χ1n) is 10.5. The number of carbonyl (C=O) groups excluding carboxylic acids is 2. The monoisotopic (exact) mass is 490 g/mol. The maximum Gasteiger partial charge on any atom is 0.301 e. The summed E-state index contributed by atoms with van der Waals surface area (Å²) < 4.78 is 5.98. The van der Waals surface area contributed by atoms with Crippen molar-refractivity contribution in [1.29, 1.82) is 0 Å². The Bertz CT molecular complexity index is 1460. The van der Waals surface area contributed by atoms with Crippen molar-refractivity contribution >= 4 is 55.7 Å². The minimum atomic E-state index is -0.835. The fourth-order valence-electron chi connectivity index (χ4n) is 3.99. The molecule has 6 nitrogen and oxygen atoms in total. The zero-order valence-corrected chi connectivity index (χ0v) is 19.9. The number of nitrogens with zero attached hydrogens (tertiary/aromatic N) is 2.